The molecule has 31 heavy (non-hydrogen) atoms. The van der Waals surface area contributed by atoms with Crippen molar-refractivity contribution in [3.05, 3.63) is 87.7 Å². The minimum absolute atomic E-state index is 0.0287. The molecule has 2 aliphatic rings. The second kappa shape index (κ2) is 7.35. The molecule has 2 aliphatic heterocycles. The Balaban J connectivity index is 1.35. The zero-order chi connectivity index (χ0) is 20.9. The Hall–Kier alpha value is -2.90. The van der Waals surface area contributed by atoms with Crippen LogP contribution in [0.2, 0.25) is 5.02 Å². The average molecular weight is 448 g/mol. The van der Waals surface area contributed by atoms with Crippen molar-refractivity contribution in [2.45, 2.75) is 29.8 Å². The number of fused-ring (bicyclic) bond motifs is 6. The summed E-state index contributed by atoms with van der Waals surface area (Å²) in [5.41, 5.74) is 5.22. The van der Waals surface area contributed by atoms with Crippen LogP contribution in [-0.4, -0.2) is 36.9 Å². The summed E-state index contributed by atoms with van der Waals surface area (Å²) in [6, 6.07) is 16.2. The summed E-state index contributed by atoms with van der Waals surface area (Å²) < 4.78 is 1.76. The van der Waals surface area contributed by atoms with Gasteiger partial charge in [-0.05, 0) is 35.2 Å². The summed E-state index contributed by atoms with van der Waals surface area (Å²) >= 11 is 7.51. The minimum Gasteiger partial charge on any atom is -0.331 e. The molecule has 0 saturated carbocycles. The number of carbonyl (C=O) groups is 1. The second-order valence-corrected chi connectivity index (χ2v) is 9.19. The topological polar surface area (TPSA) is 63.4 Å². The summed E-state index contributed by atoms with van der Waals surface area (Å²) in [4.78, 5) is 24.2. The molecule has 6 nitrogen and oxygen atoms in total. The SMILES string of the molecule is O=C1c2cnc3nc(SCc4ccc(Cl)cc4)nn3c2C[C@H]2c3ccccc3CCN12. The highest BCUT2D eigenvalue weighted by Crippen LogP contribution is 2.37. The lowest BCUT2D eigenvalue weighted by molar-refractivity contribution is 0.0626. The van der Waals surface area contributed by atoms with Crippen LogP contribution in [0.5, 0.6) is 0 Å². The number of thioether (sulfide) groups is 1. The molecule has 0 aliphatic carbocycles. The van der Waals surface area contributed by atoms with Crippen LogP contribution >= 0.6 is 23.4 Å². The summed E-state index contributed by atoms with van der Waals surface area (Å²) in [5.74, 6) is 1.29. The molecule has 1 amide bonds. The van der Waals surface area contributed by atoms with Crippen LogP contribution in [0.15, 0.2) is 59.9 Å². The molecule has 0 spiro atoms. The molecule has 2 aromatic heterocycles. The highest BCUT2D eigenvalue weighted by molar-refractivity contribution is 7.98. The molecule has 0 fully saturated rings. The Kier molecular flexibility index (Phi) is 4.47. The molecule has 4 heterocycles. The van der Waals surface area contributed by atoms with Crippen molar-refractivity contribution in [1.29, 1.82) is 0 Å². The monoisotopic (exact) mass is 447 g/mol. The molecule has 6 rings (SSSR count). The van der Waals surface area contributed by atoms with Crippen molar-refractivity contribution in [3.63, 3.8) is 0 Å². The summed E-state index contributed by atoms with van der Waals surface area (Å²) in [6.45, 7) is 0.734. The van der Waals surface area contributed by atoms with Gasteiger partial charge in [-0.3, -0.25) is 4.79 Å². The zero-order valence-electron chi connectivity index (χ0n) is 16.5. The fraction of sp³-hybridized carbons (Fsp3) is 0.217. The third-order valence-electron chi connectivity index (χ3n) is 6.02. The van der Waals surface area contributed by atoms with Gasteiger partial charge in [0.25, 0.3) is 11.7 Å². The van der Waals surface area contributed by atoms with Gasteiger partial charge in [-0.2, -0.15) is 9.50 Å². The van der Waals surface area contributed by atoms with Crippen LogP contribution < -0.4 is 0 Å². The number of halogens is 1. The van der Waals surface area contributed by atoms with Crippen molar-refractivity contribution >= 4 is 35.0 Å². The predicted octanol–water partition coefficient (Wildman–Crippen LogP) is 4.37. The van der Waals surface area contributed by atoms with Gasteiger partial charge in [0.05, 0.1) is 17.3 Å². The summed E-state index contributed by atoms with van der Waals surface area (Å²) in [7, 11) is 0. The number of hydrogen-bond donors (Lipinski definition) is 0. The minimum atomic E-state index is 0.0287. The quantitative estimate of drug-likeness (QED) is 0.436. The normalized spacial score (nSPS) is 17.4. The molecular formula is C23H18ClN5OS. The van der Waals surface area contributed by atoms with Crippen molar-refractivity contribution in [2.75, 3.05) is 6.54 Å². The molecule has 1 atom stereocenters. The van der Waals surface area contributed by atoms with Crippen LogP contribution in [-0.2, 0) is 18.6 Å². The van der Waals surface area contributed by atoms with Crippen LogP contribution in [0.1, 0.15) is 38.8 Å². The van der Waals surface area contributed by atoms with Gasteiger partial charge in [0.1, 0.15) is 0 Å². The van der Waals surface area contributed by atoms with Crippen LogP contribution in [0.3, 0.4) is 0 Å². The molecule has 0 radical (unpaired) electrons. The van der Waals surface area contributed by atoms with E-state index in [0.29, 0.717) is 22.9 Å². The highest BCUT2D eigenvalue weighted by Gasteiger charge is 2.38. The van der Waals surface area contributed by atoms with Crippen LogP contribution in [0.4, 0.5) is 0 Å². The number of rotatable bonds is 3. The van der Waals surface area contributed by atoms with Crippen LogP contribution in [0.25, 0.3) is 5.78 Å². The molecule has 2 aromatic carbocycles. The van der Waals surface area contributed by atoms with Gasteiger partial charge in [-0.15, -0.1) is 5.10 Å². The van der Waals surface area contributed by atoms with Gasteiger partial charge in [-0.1, -0.05) is 59.8 Å². The third-order valence-corrected chi connectivity index (χ3v) is 7.18. The molecule has 0 bridgehead atoms. The Morgan fingerprint density at radius 3 is 2.84 bits per heavy atom. The molecule has 154 valence electrons. The maximum absolute atomic E-state index is 13.3. The molecule has 0 N–H and O–H groups in total. The average Bonchev–Trinajstić information content (AvgIpc) is 3.22. The zero-order valence-corrected chi connectivity index (χ0v) is 18.1. The molecule has 0 saturated heterocycles. The Morgan fingerprint density at radius 1 is 1.13 bits per heavy atom. The van der Waals surface area contributed by atoms with E-state index in [-0.39, 0.29) is 11.9 Å². The lowest BCUT2D eigenvalue weighted by atomic mass is 9.86. The lowest BCUT2D eigenvalue weighted by Crippen LogP contribution is -2.45. The largest absolute Gasteiger partial charge is 0.331 e. The maximum atomic E-state index is 13.3. The second-order valence-electron chi connectivity index (χ2n) is 7.81. The summed E-state index contributed by atoms with van der Waals surface area (Å²) in [5, 5.41) is 6.06. The molecule has 0 unspecified atom stereocenters. The number of benzene rings is 2. The van der Waals surface area contributed by atoms with Gasteiger partial charge in [0.15, 0.2) is 0 Å². The van der Waals surface area contributed by atoms with E-state index >= 15 is 0 Å². The van der Waals surface area contributed by atoms with E-state index in [0.717, 1.165) is 35.0 Å². The number of hydrogen-bond acceptors (Lipinski definition) is 5. The van der Waals surface area contributed by atoms with E-state index in [1.54, 1.807) is 22.5 Å². The van der Waals surface area contributed by atoms with Crippen molar-refractivity contribution in [2.24, 2.45) is 0 Å². The molecule has 8 heteroatoms. The van der Waals surface area contributed by atoms with Crippen molar-refractivity contribution < 1.29 is 4.79 Å². The Bertz CT molecular complexity index is 1320. The van der Waals surface area contributed by atoms with Gasteiger partial charge in [0.2, 0.25) is 5.16 Å². The first kappa shape index (κ1) is 18.8. The molecular weight excluding hydrogens is 430 g/mol. The van der Waals surface area contributed by atoms with Gasteiger partial charge >= 0.3 is 0 Å². The predicted molar refractivity (Wildman–Crippen MR) is 119 cm³/mol. The van der Waals surface area contributed by atoms with Crippen molar-refractivity contribution in [1.82, 2.24) is 24.5 Å². The fourth-order valence-corrected chi connectivity index (χ4v) is 5.38. The number of amides is 1. The first-order valence-corrected chi connectivity index (χ1v) is 11.5. The van der Waals surface area contributed by atoms with E-state index < -0.39 is 0 Å². The van der Waals surface area contributed by atoms with E-state index in [1.165, 1.54) is 11.1 Å². The number of aromatic nitrogens is 4. The third kappa shape index (κ3) is 3.20. The van der Waals surface area contributed by atoms with E-state index in [4.69, 9.17) is 16.7 Å². The lowest BCUT2D eigenvalue weighted by Gasteiger charge is -2.40. The first-order chi connectivity index (χ1) is 15.2. The maximum Gasteiger partial charge on any atom is 0.257 e. The van der Waals surface area contributed by atoms with Gasteiger partial charge < -0.3 is 4.90 Å². The standard InChI is InChI=1S/C23H18ClN5OS/c24-16-7-5-14(6-8-16)13-31-23-26-22-25-12-18-20(29(22)27-23)11-19-17-4-2-1-3-15(17)9-10-28(19)21(18)30/h1-8,12,19H,9-11,13H2/t19-/m0/s1. The Morgan fingerprint density at radius 2 is 1.97 bits per heavy atom. The summed E-state index contributed by atoms with van der Waals surface area (Å²) in [6.07, 6.45) is 3.26. The van der Waals surface area contributed by atoms with E-state index in [9.17, 15) is 4.79 Å². The molecule has 4 aromatic rings. The van der Waals surface area contributed by atoms with E-state index in [2.05, 4.69) is 28.2 Å². The highest BCUT2D eigenvalue weighted by atomic mass is 35.5. The van der Waals surface area contributed by atoms with Crippen molar-refractivity contribution in [3.8, 4) is 0 Å². The first-order valence-electron chi connectivity index (χ1n) is 10.2. The number of carbonyl (C=O) groups excluding carboxylic acids is 1. The number of nitrogens with zero attached hydrogens (tertiary/aromatic N) is 5. The smallest absolute Gasteiger partial charge is 0.257 e. The van der Waals surface area contributed by atoms with Crippen LogP contribution in [0, 0.1) is 0 Å². The fourth-order valence-electron chi connectivity index (χ4n) is 4.48. The van der Waals surface area contributed by atoms with Gasteiger partial charge in [0, 0.05) is 29.9 Å². The Labute approximate surface area is 188 Å². The van der Waals surface area contributed by atoms with E-state index in [1.807, 2.05) is 35.2 Å². The van der Waals surface area contributed by atoms with Gasteiger partial charge in [-0.25, -0.2) is 4.98 Å².